The van der Waals surface area contributed by atoms with Gasteiger partial charge < -0.3 is 15.2 Å². The molecule has 1 fully saturated rings. The van der Waals surface area contributed by atoms with E-state index in [0.717, 1.165) is 12.8 Å². The predicted molar refractivity (Wildman–Crippen MR) is 87.3 cm³/mol. The fourth-order valence-electron chi connectivity index (χ4n) is 3.36. The van der Waals surface area contributed by atoms with Gasteiger partial charge in [-0.25, -0.2) is 9.37 Å². The third kappa shape index (κ3) is 2.63. The average Bonchev–Trinajstić information content (AvgIpc) is 3.15. The number of hydrogen-bond acceptors (Lipinski definition) is 4. The first-order valence-electron chi connectivity index (χ1n) is 8.05. The van der Waals surface area contributed by atoms with Crippen molar-refractivity contribution in [2.75, 3.05) is 20.1 Å². The Morgan fingerprint density at radius 2 is 2.46 bits per heavy atom. The quantitative estimate of drug-likeness (QED) is 0.878. The molecule has 3 atom stereocenters. The summed E-state index contributed by atoms with van der Waals surface area (Å²) in [5.41, 5.74) is -2.32. The minimum Gasteiger partial charge on any atom is -0.345 e. The molecule has 2 N–H and O–H groups in total. The van der Waals surface area contributed by atoms with Crippen molar-refractivity contribution in [3.63, 3.8) is 0 Å². The van der Waals surface area contributed by atoms with Crippen molar-refractivity contribution < 1.29 is 9.18 Å². The molecular weight excluding hydrogens is 309 g/mol. The molecule has 1 aromatic heterocycles. The number of imidazole rings is 1. The molecule has 3 unspecified atom stereocenters. The first kappa shape index (κ1) is 16.4. The van der Waals surface area contributed by atoms with Gasteiger partial charge in [0.2, 0.25) is 5.67 Å². The summed E-state index contributed by atoms with van der Waals surface area (Å²) in [5, 5.41) is 12.5. The number of H-pyrrole nitrogens is 1. The second-order valence-electron chi connectivity index (χ2n) is 6.10. The van der Waals surface area contributed by atoms with Crippen molar-refractivity contribution in [3.8, 4) is 6.07 Å². The Balaban J connectivity index is 1.97. The maximum absolute atomic E-state index is 16.1. The van der Waals surface area contributed by atoms with Crippen molar-refractivity contribution in [2.24, 2.45) is 5.92 Å². The number of nitrogens with zero attached hydrogens (tertiary/aromatic N) is 3. The number of likely N-dealkylation sites (tertiary alicyclic amines) is 1. The zero-order valence-corrected chi connectivity index (χ0v) is 13.5. The molecular formula is C17H20FN5O. The van der Waals surface area contributed by atoms with Gasteiger partial charge >= 0.3 is 0 Å². The lowest BCUT2D eigenvalue weighted by Crippen LogP contribution is -2.56. The molecule has 1 aromatic rings. The average molecular weight is 329 g/mol. The van der Waals surface area contributed by atoms with E-state index in [1.54, 1.807) is 12.3 Å². The number of alkyl halides is 1. The number of carbonyl (C=O) groups is 1. The Morgan fingerprint density at radius 3 is 3.12 bits per heavy atom. The molecule has 6 nitrogen and oxygen atoms in total. The molecule has 1 amide bonds. The maximum atomic E-state index is 16.1. The number of rotatable bonds is 3. The number of likely N-dealkylation sites (N-methyl/N-ethyl adjacent to an activating group) is 1. The van der Waals surface area contributed by atoms with Crippen molar-refractivity contribution in [1.82, 2.24) is 20.2 Å². The minimum atomic E-state index is -2.43. The number of piperidine rings is 1. The highest BCUT2D eigenvalue weighted by atomic mass is 19.1. The van der Waals surface area contributed by atoms with Crippen molar-refractivity contribution in [1.29, 1.82) is 5.26 Å². The fraction of sp³-hybridized carbons (Fsp3) is 0.471. The lowest BCUT2D eigenvalue weighted by atomic mass is 9.78. The van der Waals surface area contributed by atoms with E-state index in [1.165, 1.54) is 23.2 Å². The molecule has 0 aromatic carbocycles. The highest BCUT2D eigenvalue weighted by Gasteiger charge is 2.53. The summed E-state index contributed by atoms with van der Waals surface area (Å²) in [5.74, 6) is -1.57. The monoisotopic (exact) mass is 329 g/mol. The van der Waals surface area contributed by atoms with Crippen LogP contribution in [0.25, 0.3) is 5.57 Å². The Morgan fingerprint density at radius 1 is 1.62 bits per heavy atom. The van der Waals surface area contributed by atoms with Gasteiger partial charge in [-0.3, -0.25) is 4.79 Å². The molecule has 2 aliphatic rings. The number of halogens is 1. The molecule has 0 radical (unpaired) electrons. The SMILES string of the molecule is CNC1CCCN(C(=O)C2(F)C(c3ncc[nH]3)=CC=CC2C#N)C1. The van der Waals surface area contributed by atoms with E-state index in [9.17, 15) is 10.1 Å². The lowest BCUT2D eigenvalue weighted by molar-refractivity contribution is -0.143. The zero-order valence-electron chi connectivity index (χ0n) is 13.5. The molecule has 1 saturated heterocycles. The lowest BCUT2D eigenvalue weighted by Gasteiger charge is -2.39. The topological polar surface area (TPSA) is 84.8 Å². The molecule has 1 aliphatic heterocycles. The molecule has 0 bridgehead atoms. The third-order valence-corrected chi connectivity index (χ3v) is 4.71. The van der Waals surface area contributed by atoms with Gasteiger partial charge in [-0.2, -0.15) is 5.26 Å². The molecule has 7 heteroatoms. The van der Waals surface area contributed by atoms with Gasteiger partial charge in [0.1, 0.15) is 11.7 Å². The van der Waals surface area contributed by atoms with Crippen LogP contribution in [0.5, 0.6) is 0 Å². The number of carbonyl (C=O) groups excluding carboxylic acids is 1. The van der Waals surface area contributed by atoms with Gasteiger partial charge in [-0.15, -0.1) is 0 Å². The van der Waals surface area contributed by atoms with Crippen LogP contribution in [0.3, 0.4) is 0 Å². The molecule has 24 heavy (non-hydrogen) atoms. The van der Waals surface area contributed by atoms with E-state index in [-0.39, 0.29) is 17.4 Å². The standard InChI is InChI=1S/C17H20FN5O/c1-20-13-5-3-9-23(11-13)16(24)17(18)12(10-19)4-2-6-14(17)15-21-7-8-22-15/h2,4,6-8,12-13,20H,3,5,9,11H2,1H3,(H,21,22). The number of allylic oxidation sites excluding steroid dienone is 3. The smallest absolute Gasteiger partial charge is 0.266 e. The summed E-state index contributed by atoms with van der Waals surface area (Å²) in [6.45, 7) is 0.935. The van der Waals surface area contributed by atoms with Crippen LogP contribution >= 0.6 is 0 Å². The summed E-state index contributed by atoms with van der Waals surface area (Å²) < 4.78 is 16.1. The Bertz CT molecular complexity index is 705. The predicted octanol–water partition coefficient (Wildman–Crippen LogP) is 1.42. The normalized spacial score (nSPS) is 29.9. The Hall–Kier alpha value is -2.46. The van der Waals surface area contributed by atoms with Crippen molar-refractivity contribution >= 4 is 11.5 Å². The number of aromatic nitrogens is 2. The highest BCUT2D eigenvalue weighted by molar-refractivity contribution is 6.00. The number of aromatic amines is 1. The molecule has 0 saturated carbocycles. The molecule has 0 spiro atoms. The summed E-state index contributed by atoms with van der Waals surface area (Å²) in [6, 6.07) is 2.06. The number of nitriles is 1. The van der Waals surface area contributed by atoms with Gasteiger partial charge in [0.15, 0.2) is 0 Å². The van der Waals surface area contributed by atoms with Crippen molar-refractivity contribution in [3.05, 3.63) is 36.4 Å². The number of amides is 1. The van der Waals surface area contributed by atoms with Crippen LogP contribution in [0.2, 0.25) is 0 Å². The Kier molecular flexibility index (Phi) is 4.49. The number of hydrogen-bond donors (Lipinski definition) is 2. The second kappa shape index (κ2) is 6.57. The number of nitrogens with one attached hydrogen (secondary N) is 2. The molecule has 1 aliphatic carbocycles. The van der Waals surface area contributed by atoms with E-state index in [2.05, 4.69) is 15.3 Å². The van der Waals surface area contributed by atoms with E-state index in [0.29, 0.717) is 13.1 Å². The molecule has 126 valence electrons. The van der Waals surface area contributed by atoms with Gasteiger partial charge in [-0.1, -0.05) is 18.2 Å². The van der Waals surface area contributed by atoms with Gasteiger partial charge in [-0.05, 0) is 19.9 Å². The summed E-state index contributed by atoms with van der Waals surface area (Å²) >= 11 is 0. The first-order valence-corrected chi connectivity index (χ1v) is 8.05. The summed E-state index contributed by atoms with van der Waals surface area (Å²) in [4.78, 5) is 21.5. The molecule has 3 rings (SSSR count). The van der Waals surface area contributed by atoms with Crippen LogP contribution in [0.15, 0.2) is 30.6 Å². The fourth-order valence-corrected chi connectivity index (χ4v) is 3.36. The van der Waals surface area contributed by atoms with Crippen LogP contribution < -0.4 is 5.32 Å². The second-order valence-corrected chi connectivity index (χ2v) is 6.10. The van der Waals surface area contributed by atoms with E-state index >= 15 is 4.39 Å². The first-order chi connectivity index (χ1) is 11.6. The maximum Gasteiger partial charge on any atom is 0.266 e. The summed E-state index contributed by atoms with van der Waals surface area (Å²) in [7, 11) is 1.83. The van der Waals surface area contributed by atoms with Crippen LogP contribution in [-0.4, -0.2) is 52.6 Å². The van der Waals surface area contributed by atoms with E-state index < -0.39 is 17.5 Å². The zero-order chi connectivity index (χ0) is 17.2. The van der Waals surface area contributed by atoms with Gasteiger partial charge in [0.05, 0.1) is 6.07 Å². The van der Waals surface area contributed by atoms with Gasteiger partial charge in [0, 0.05) is 37.1 Å². The van der Waals surface area contributed by atoms with Crippen LogP contribution in [-0.2, 0) is 4.79 Å². The van der Waals surface area contributed by atoms with Crippen molar-refractivity contribution in [2.45, 2.75) is 24.6 Å². The molecule has 2 heterocycles. The van der Waals surface area contributed by atoms with E-state index in [4.69, 9.17) is 0 Å². The van der Waals surface area contributed by atoms with Gasteiger partial charge in [0.25, 0.3) is 5.91 Å². The highest BCUT2D eigenvalue weighted by Crippen LogP contribution is 2.41. The van der Waals surface area contributed by atoms with Crippen LogP contribution in [0.4, 0.5) is 4.39 Å². The Labute approximate surface area is 140 Å². The minimum absolute atomic E-state index is 0.109. The largest absolute Gasteiger partial charge is 0.345 e. The van der Waals surface area contributed by atoms with Crippen LogP contribution in [0.1, 0.15) is 18.7 Å². The summed E-state index contributed by atoms with van der Waals surface area (Å²) in [6.07, 6.45) is 9.37. The van der Waals surface area contributed by atoms with E-state index in [1.807, 2.05) is 13.1 Å². The third-order valence-electron chi connectivity index (χ3n) is 4.71. The van der Waals surface area contributed by atoms with Crippen LogP contribution in [0, 0.1) is 17.2 Å².